The van der Waals surface area contributed by atoms with Crippen LogP contribution in [0.5, 0.6) is 0 Å². The molecule has 0 bridgehead atoms. The molecule has 22 heavy (non-hydrogen) atoms. The highest BCUT2D eigenvalue weighted by molar-refractivity contribution is 6.03. The smallest absolute Gasteiger partial charge is 0.274 e. The fourth-order valence-corrected chi connectivity index (χ4v) is 1.94. The van der Waals surface area contributed by atoms with Crippen LogP contribution in [0.1, 0.15) is 16.3 Å². The molecule has 0 aliphatic carbocycles. The van der Waals surface area contributed by atoms with E-state index < -0.39 is 11.7 Å². The number of benzene rings is 1. The Morgan fingerprint density at radius 3 is 2.77 bits per heavy atom. The van der Waals surface area contributed by atoms with Crippen LogP contribution in [-0.2, 0) is 0 Å². The zero-order valence-electron chi connectivity index (χ0n) is 11.7. The van der Waals surface area contributed by atoms with E-state index in [2.05, 4.69) is 20.4 Å². The van der Waals surface area contributed by atoms with Gasteiger partial charge < -0.3 is 5.32 Å². The number of carbonyl (C=O) groups is 1. The summed E-state index contributed by atoms with van der Waals surface area (Å²) in [5.74, 6) is -0.124. The van der Waals surface area contributed by atoms with Crippen LogP contribution in [0, 0.1) is 12.7 Å². The predicted octanol–water partition coefficient (Wildman–Crippen LogP) is 2.36. The van der Waals surface area contributed by atoms with Gasteiger partial charge in [0.1, 0.15) is 17.3 Å². The number of aryl methyl sites for hydroxylation is 1. The van der Waals surface area contributed by atoms with E-state index in [0.717, 1.165) is 0 Å². The van der Waals surface area contributed by atoms with Crippen molar-refractivity contribution in [3.8, 4) is 5.82 Å². The molecule has 2 heterocycles. The van der Waals surface area contributed by atoms with Crippen LogP contribution in [0.3, 0.4) is 0 Å². The second kappa shape index (κ2) is 5.72. The summed E-state index contributed by atoms with van der Waals surface area (Å²) < 4.78 is 15.1. The van der Waals surface area contributed by atoms with Crippen molar-refractivity contribution in [1.82, 2.24) is 19.7 Å². The maximum absolute atomic E-state index is 13.6. The van der Waals surface area contributed by atoms with E-state index in [-0.39, 0.29) is 11.4 Å². The SMILES string of the molecule is Cc1nc(C(=O)Nc2ccccc2F)cc(-n2cccn2)n1. The number of nitrogens with one attached hydrogen (secondary N) is 1. The van der Waals surface area contributed by atoms with Gasteiger partial charge in [0.05, 0.1) is 5.69 Å². The highest BCUT2D eigenvalue weighted by Crippen LogP contribution is 2.14. The lowest BCUT2D eigenvalue weighted by atomic mass is 10.3. The number of nitrogens with zero attached hydrogens (tertiary/aromatic N) is 4. The topological polar surface area (TPSA) is 72.7 Å². The molecule has 7 heteroatoms. The number of carbonyl (C=O) groups excluding carboxylic acids is 1. The van der Waals surface area contributed by atoms with Crippen LogP contribution in [-0.4, -0.2) is 25.7 Å². The van der Waals surface area contributed by atoms with Crippen LogP contribution < -0.4 is 5.32 Å². The Bertz CT molecular complexity index is 817. The summed E-state index contributed by atoms with van der Waals surface area (Å²) in [5.41, 5.74) is 0.241. The molecule has 2 aromatic heterocycles. The minimum atomic E-state index is -0.510. The molecular formula is C15H12FN5O. The van der Waals surface area contributed by atoms with Crippen molar-refractivity contribution in [3.05, 3.63) is 66.1 Å². The van der Waals surface area contributed by atoms with Crippen LogP contribution in [0.4, 0.5) is 10.1 Å². The molecule has 0 atom stereocenters. The molecule has 0 aliphatic heterocycles. The number of para-hydroxylation sites is 1. The molecule has 6 nitrogen and oxygen atoms in total. The second-order valence-electron chi connectivity index (χ2n) is 4.54. The monoisotopic (exact) mass is 297 g/mol. The third-order valence-electron chi connectivity index (χ3n) is 2.92. The van der Waals surface area contributed by atoms with Gasteiger partial charge in [-0.25, -0.2) is 19.0 Å². The van der Waals surface area contributed by atoms with Gasteiger partial charge in [-0.05, 0) is 25.1 Å². The maximum Gasteiger partial charge on any atom is 0.274 e. The van der Waals surface area contributed by atoms with Crippen molar-refractivity contribution >= 4 is 11.6 Å². The number of anilines is 1. The van der Waals surface area contributed by atoms with E-state index in [1.54, 1.807) is 37.5 Å². The Kier molecular flexibility index (Phi) is 3.61. The third kappa shape index (κ3) is 2.83. The van der Waals surface area contributed by atoms with E-state index in [1.165, 1.54) is 22.9 Å². The molecule has 3 aromatic rings. The number of hydrogen-bond acceptors (Lipinski definition) is 4. The van der Waals surface area contributed by atoms with Gasteiger partial charge in [-0.15, -0.1) is 0 Å². The molecule has 0 saturated heterocycles. The van der Waals surface area contributed by atoms with E-state index in [4.69, 9.17) is 0 Å². The fourth-order valence-electron chi connectivity index (χ4n) is 1.94. The molecule has 0 saturated carbocycles. The van der Waals surface area contributed by atoms with E-state index in [0.29, 0.717) is 11.6 Å². The van der Waals surface area contributed by atoms with Crippen molar-refractivity contribution in [1.29, 1.82) is 0 Å². The van der Waals surface area contributed by atoms with Crippen molar-refractivity contribution in [2.45, 2.75) is 6.92 Å². The average Bonchev–Trinajstić information content (AvgIpc) is 3.03. The molecule has 0 aliphatic rings. The van der Waals surface area contributed by atoms with Gasteiger partial charge in [0.2, 0.25) is 0 Å². The number of rotatable bonds is 3. The number of halogens is 1. The Hall–Kier alpha value is -3.09. The van der Waals surface area contributed by atoms with Gasteiger partial charge in [-0.1, -0.05) is 12.1 Å². The summed E-state index contributed by atoms with van der Waals surface area (Å²) in [5, 5.41) is 6.55. The van der Waals surface area contributed by atoms with Gasteiger partial charge in [0.15, 0.2) is 5.82 Å². The van der Waals surface area contributed by atoms with Crippen molar-refractivity contribution in [3.63, 3.8) is 0 Å². The van der Waals surface area contributed by atoms with E-state index >= 15 is 0 Å². The zero-order chi connectivity index (χ0) is 15.5. The lowest BCUT2D eigenvalue weighted by Gasteiger charge is -2.08. The molecule has 1 amide bonds. The largest absolute Gasteiger partial charge is 0.318 e. The molecular weight excluding hydrogens is 285 g/mol. The molecule has 3 rings (SSSR count). The Morgan fingerprint density at radius 2 is 2.05 bits per heavy atom. The highest BCUT2D eigenvalue weighted by Gasteiger charge is 2.13. The first kappa shape index (κ1) is 13.9. The summed E-state index contributed by atoms with van der Waals surface area (Å²) in [7, 11) is 0. The van der Waals surface area contributed by atoms with Gasteiger partial charge in [-0.3, -0.25) is 4.79 Å². The first-order chi connectivity index (χ1) is 10.6. The second-order valence-corrected chi connectivity index (χ2v) is 4.54. The van der Waals surface area contributed by atoms with Crippen LogP contribution in [0.25, 0.3) is 5.82 Å². The standard InChI is InChI=1S/C15H12FN5O/c1-10-18-13(9-14(19-10)21-8-4-7-17-21)15(22)20-12-6-3-2-5-11(12)16/h2-9H,1H3,(H,20,22). The molecule has 0 radical (unpaired) electrons. The minimum Gasteiger partial charge on any atom is -0.318 e. The van der Waals surface area contributed by atoms with E-state index in [1.807, 2.05) is 0 Å². The molecule has 0 fully saturated rings. The summed E-state index contributed by atoms with van der Waals surface area (Å²) in [6.07, 6.45) is 3.32. The Morgan fingerprint density at radius 1 is 1.23 bits per heavy atom. The third-order valence-corrected chi connectivity index (χ3v) is 2.92. The molecule has 1 N–H and O–H groups in total. The van der Waals surface area contributed by atoms with Gasteiger partial charge in [0.25, 0.3) is 5.91 Å². The summed E-state index contributed by atoms with van der Waals surface area (Å²) >= 11 is 0. The first-order valence-corrected chi connectivity index (χ1v) is 6.55. The minimum absolute atomic E-state index is 0.101. The molecule has 0 unspecified atom stereocenters. The van der Waals surface area contributed by atoms with Gasteiger partial charge >= 0.3 is 0 Å². The summed E-state index contributed by atoms with van der Waals surface area (Å²) in [4.78, 5) is 20.5. The van der Waals surface area contributed by atoms with E-state index in [9.17, 15) is 9.18 Å². The highest BCUT2D eigenvalue weighted by atomic mass is 19.1. The quantitative estimate of drug-likeness (QED) is 0.805. The molecule has 0 spiro atoms. The maximum atomic E-state index is 13.6. The van der Waals surface area contributed by atoms with Crippen LogP contribution in [0.15, 0.2) is 48.8 Å². The van der Waals surface area contributed by atoms with Crippen molar-refractivity contribution < 1.29 is 9.18 Å². The molecule has 1 aromatic carbocycles. The average molecular weight is 297 g/mol. The van der Waals surface area contributed by atoms with Gasteiger partial charge in [-0.2, -0.15) is 5.10 Å². The normalized spacial score (nSPS) is 10.5. The number of amides is 1. The van der Waals surface area contributed by atoms with Crippen molar-refractivity contribution in [2.24, 2.45) is 0 Å². The number of hydrogen-bond donors (Lipinski definition) is 1. The fraction of sp³-hybridized carbons (Fsp3) is 0.0667. The van der Waals surface area contributed by atoms with Crippen molar-refractivity contribution in [2.75, 3.05) is 5.32 Å². The first-order valence-electron chi connectivity index (χ1n) is 6.55. The lowest BCUT2D eigenvalue weighted by molar-refractivity contribution is 0.102. The lowest BCUT2D eigenvalue weighted by Crippen LogP contribution is -2.16. The van der Waals surface area contributed by atoms with Gasteiger partial charge in [0, 0.05) is 18.5 Å². The summed E-state index contributed by atoms with van der Waals surface area (Å²) in [6.45, 7) is 1.67. The Balaban J connectivity index is 1.91. The number of aromatic nitrogens is 4. The zero-order valence-corrected chi connectivity index (χ0v) is 11.7. The summed E-state index contributed by atoms with van der Waals surface area (Å²) in [6, 6.07) is 9.19. The van der Waals surface area contributed by atoms with Crippen LogP contribution >= 0.6 is 0 Å². The van der Waals surface area contributed by atoms with Crippen LogP contribution in [0.2, 0.25) is 0 Å². The molecule has 110 valence electrons. The predicted molar refractivity (Wildman–Crippen MR) is 78.2 cm³/mol. The Labute approximate surface area is 125 Å².